The van der Waals surface area contributed by atoms with Crippen molar-refractivity contribution < 1.29 is 0 Å². The minimum absolute atomic E-state index is 0.883. The molecule has 0 nitrogen and oxygen atoms in total. The highest BCUT2D eigenvalue weighted by Crippen LogP contribution is 2.07. The number of benzene rings is 2. The van der Waals surface area contributed by atoms with Crippen LogP contribution in [-0.2, 0) is 0 Å². The Hall–Kier alpha value is -3.58. The summed E-state index contributed by atoms with van der Waals surface area (Å²) >= 11 is 0. The number of rotatable bonds is 0. The predicted molar refractivity (Wildman–Crippen MR) is 87.4 cm³/mol. The molecule has 3 aromatic rings. The lowest BCUT2D eigenvalue weighted by atomic mass is 10.2. The molecule has 0 aliphatic carbocycles. The maximum atomic E-state index is 3.19. The van der Waals surface area contributed by atoms with Crippen LogP contribution in [0.25, 0.3) is 21.5 Å². The second kappa shape index (κ2) is 6.73. The first-order valence-electron chi connectivity index (χ1n) is 6.82. The summed E-state index contributed by atoms with van der Waals surface area (Å²) in [4.78, 5) is 0. The highest BCUT2D eigenvalue weighted by molar-refractivity contribution is 5.81. The van der Waals surface area contributed by atoms with Crippen LogP contribution in [0.15, 0.2) is 60.7 Å². The molecule has 0 heterocycles. The van der Waals surface area contributed by atoms with Gasteiger partial charge in [0.1, 0.15) is 0 Å². The Morgan fingerprint density at radius 2 is 0.955 bits per heavy atom. The molecule has 0 saturated carbocycles. The van der Waals surface area contributed by atoms with Gasteiger partial charge in [-0.3, -0.25) is 0 Å². The molecule has 0 radical (unpaired) electrons. The van der Waals surface area contributed by atoms with Gasteiger partial charge in [0.05, 0.1) is 0 Å². The van der Waals surface area contributed by atoms with Crippen molar-refractivity contribution in [3.05, 3.63) is 109 Å². The summed E-state index contributed by atoms with van der Waals surface area (Å²) in [6.07, 6.45) is 0. The van der Waals surface area contributed by atoms with Gasteiger partial charge in [-0.25, -0.2) is 0 Å². The Labute approximate surface area is 131 Å². The predicted octanol–water partition coefficient (Wildman–Crippen LogP) is 4.64. The topological polar surface area (TPSA) is 0 Å². The molecule has 3 rings (SSSR count). The van der Waals surface area contributed by atoms with E-state index >= 15 is 0 Å². The zero-order valence-electron chi connectivity index (χ0n) is 11.8. The van der Waals surface area contributed by atoms with E-state index in [1.807, 2.05) is 48.5 Å². The van der Waals surface area contributed by atoms with E-state index in [9.17, 15) is 0 Å². The third kappa shape index (κ3) is 3.30. The van der Waals surface area contributed by atoms with Gasteiger partial charge in [0.2, 0.25) is 0 Å². The van der Waals surface area contributed by atoms with E-state index in [4.69, 9.17) is 0 Å². The van der Waals surface area contributed by atoms with Crippen LogP contribution in [0.5, 0.6) is 0 Å². The van der Waals surface area contributed by atoms with Crippen LogP contribution in [0.2, 0.25) is 0 Å². The van der Waals surface area contributed by atoms with Crippen LogP contribution in [0, 0.1) is 48.5 Å². The van der Waals surface area contributed by atoms with Crippen LogP contribution in [0.1, 0.15) is 0 Å². The summed E-state index contributed by atoms with van der Waals surface area (Å²) in [6.45, 7) is 0. The fourth-order valence-corrected chi connectivity index (χ4v) is 1.92. The summed E-state index contributed by atoms with van der Waals surface area (Å²) in [6, 6.07) is 43.1. The highest BCUT2D eigenvalue weighted by atomic mass is 13.9. The first-order valence-corrected chi connectivity index (χ1v) is 6.82. The minimum atomic E-state index is 0.883. The fraction of sp³-hybridized carbons (Fsp3) is 0. The normalized spacial score (nSPS) is 8.36. The van der Waals surface area contributed by atoms with Crippen molar-refractivity contribution in [3.63, 3.8) is 0 Å². The second-order valence-corrected chi connectivity index (χ2v) is 4.46. The maximum Gasteiger partial charge on any atom is 0.0412 e. The summed E-state index contributed by atoms with van der Waals surface area (Å²) < 4.78 is 0. The lowest BCUT2D eigenvalue weighted by Gasteiger charge is -1.86. The van der Waals surface area contributed by atoms with E-state index in [2.05, 4.69) is 48.5 Å². The van der Waals surface area contributed by atoms with Crippen molar-refractivity contribution in [1.82, 2.24) is 0 Å². The van der Waals surface area contributed by atoms with E-state index in [1.165, 1.54) is 0 Å². The molecule has 22 heavy (non-hydrogen) atoms. The van der Waals surface area contributed by atoms with Crippen LogP contribution in [-0.4, -0.2) is 0 Å². The largest absolute Gasteiger partial charge is 0.0689 e. The average Bonchev–Trinajstić information content (AvgIpc) is 2.57. The average molecular weight is 274 g/mol. The van der Waals surface area contributed by atoms with Gasteiger partial charge in [0, 0.05) is 21.5 Å². The molecule has 0 bridgehead atoms. The zero-order valence-corrected chi connectivity index (χ0v) is 11.8. The summed E-state index contributed by atoms with van der Waals surface area (Å²) in [7, 11) is 0. The van der Waals surface area contributed by atoms with E-state index in [1.54, 1.807) is 12.1 Å². The molecule has 0 atom stereocenters. The molecule has 0 N–H and O–H groups in total. The molecule has 0 unspecified atom stereocenters. The van der Waals surface area contributed by atoms with Gasteiger partial charge in [-0.1, -0.05) is 60.7 Å². The molecule has 98 valence electrons. The summed E-state index contributed by atoms with van der Waals surface area (Å²) in [5.74, 6) is 0. The molecular formula is C22H10. The molecule has 0 heteroatoms. The van der Waals surface area contributed by atoms with Gasteiger partial charge in [0.25, 0.3) is 0 Å². The molecule has 0 spiro atoms. The van der Waals surface area contributed by atoms with E-state index < -0.39 is 0 Å². The summed E-state index contributed by atoms with van der Waals surface area (Å²) in [5, 5.41) is 3.60. The molecular weight excluding hydrogens is 264 g/mol. The molecule has 0 aromatic heterocycles. The van der Waals surface area contributed by atoms with Crippen LogP contribution < -0.4 is 0 Å². The lowest BCUT2D eigenvalue weighted by Crippen LogP contribution is -1.64. The van der Waals surface area contributed by atoms with Crippen LogP contribution >= 0.6 is 0 Å². The SMILES string of the molecule is c1c#cc2ccccc2c#cc2ccccc2c#cccc#1. The molecule has 0 aliphatic heterocycles. The molecule has 0 fully saturated rings. The van der Waals surface area contributed by atoms with Crippen molar-refractivity contribution in [2.45, 2.75) is 0 Å². The van der Waals surface area contributed by atoms with E-state index in [0.29, 0.717) is 0 Å². The lowest BCUT2D eigenvalue weighted by molar-refractivity contribution is 1.79. The number of hydrogen-bond acceptors (Lipinski definition) is 0. The molecule has 0 aliphatic rings. The Morgan fingerprint density at radius 1 is 0.455 bits per heavy atom. The van der Waals surface area contributed by atoms with Crippen molar-refractivity contribution in [2.75, 3.05) is 0 Å². The van der Waals surface area contributed by atoms with Crippen molar-refractivity contribution in [2.24, 2.45) is 0 Å². The molecule has 0 saturated heterocycles. The minimum Gasteiger partial charge on any atom is -0.0689 e. The Balaban J connectivity index is 2.36. The van der Waals surface area contributed by atoms with Crippen molar-refractivity contribution >= 4 is 21.5 Å². The maximum absolute atomic E-state index is 3.19. The smallest absolute Gasteiger partial charge is 0.0412 e. The third-order valence-corrected chi connectivity index (χ3v) is 2.97. The van der Waals surface area contributed by atoms with Crippen molar-refractivity contribution in [1.29, 1.82) is 0 Å². The fourth-order valence-electron chi connectivity index (χ4n) is 1.92. The quantitative estimate of drug-likeness (QED) is 0.560. The summed E-state index contributed by atoms with van der Waals surface area (Å²) in [5.41, 5.74) is 0. The van der Waals surface area contributed by atoms with Gasteiger partial charge >= 0.3 is 0 Å². The van der Waals surface area contributed by atoms with Gasteiger partial charge in [-0.15, -0.1) is 0 Å². The molecule has 0 amide bonds. The first-order chi connectivity index (χ1) is 10.9. The van der Waals surface area contributed by atoms with Gasteiger partial charge in [0.15, 0.2) is 0 Å². The van der Waals surface area contributed by atoms with Crippen LogP contribution in [0.3, 0.4) is 0 Å². The van der Waals surface area contributed by atoms with Gasteiger partial charge in [-0.2, -0.15) is 0 Å². The number of fused-ring (bicyclic) bond motifs is 2. The van der Waals surface area contributed by atoms with E-state index in [-0.39, 0.29) is 0 Å². The first kappa shape index (κ1) is 13.4. The zero-order chi connectivity index (χ0) is 15.0. The third-order valence-electron chi connectivity index (χ3n) is 2.97. The second-order valence-electron chi connectivity index (χ2n) is 4.46. The Kier molecular flexibility index (Phi) is 4.10. The number of hydrogen-bond donors (Lipinski definition) is 0. The Morgan fingerprint density at radius 3 is 1.59 bits per heavy atom. The standard InChI is InChI=1S/C22H10/c1-2-4-6-12-20-14-8-10-16-22(20)18-17-21-15-9-7-13-19(21)11-5-3-1/h1,3,7-10,13-16H. The Bertz CT molecular complexity index is 815. The van der Waals surface area contributed by atoms with Gasteiger partial charge in [-0.05, 0) is 48.5 Å². The molecule has 3 aromatic carbocycles. The van der Waals surface area contributed by atoms with Crippen molar-refractivity contribution in [3.8, 4) is 0 Å². The van der Waals surface area contributed by atoms with Gasteiger partial charge < -0.3 is 0 Å². The highest BCUT2D eigenvalue weighted by Gasteiger charge is 1.85. The monoisotopic (exact) mass is 274 g/mol. The van der Waals surface area contributed by atoms with E-state index in [0.717, 1.165) is 21.5 Å². The van der Waals surface area contributed by atoms with Crippen LogP contribution in [0.4, 0.5) is 0 Å².